The molecule has 8 nitrogen and oxygen atoms in total. The van der Waals surface area contributed by atoms with E-state index in [1.54, 1.807) is 0 Å². The predicted octanol–water partition coefficient (Wildman–Crippen LogP) is 1.97. The molecule has 164 valence electrons. The number of benzene rings is 1. The Hall–Kier alpha value is -2.13. The van der Waals surface area contributed by atoms with Gasteiger partial charge in [0.15, 0.2) is 0 Å². The lowest BCUT2D eigenvalue weighted by Crippen LogP contribution is -2.50. The van der Waals surface area contributed by atoms with Crippen LogP contribution in [0.25, 0.3) is 0 Å². The highest BCUT2D eigenvalue weighted by atomic mass is 32.2. The summed E-state index contributed by atoms with van der Waals surface area (Å²) in [7, 11) is -1.16. The average Bonchev–Trinajstić information content (AvgIpc) is 2.70. The molecule has 9 heteroatoms. The molecule has 5 rings (SSSR count). The summed E-state index contributed by atoms with van der Waals surface area (Å²) >= 11 is 0. The van der Waals surface area contributed by atoms with E-state index in [9.17, 15) is 18.0 Å². The molecule has 0 heterocycles. The molecule has 0 atom stereocenters. The van der Waals surface area contributed by atoms with Gasteiger partial charge >= 0.3 is 0 Å². The minimum atomic E-state index is -3.80. The maximum Gasteiger partial charge on any atom is 0.269 e. The van der Waals surface area contributed by atoms with Gasteiger partial charge in [-0.25, -0.2) is 13.1 Å². The van der Waals surface area contributed by atoms with Crippen LogP contribution >= 0.6 is 0 Å². The fraction of sp³-hybridized carbons (Fsp3) is 0.619. The number of carbonyl (C=O) groups excluding carboxylic acids is 2. The summed E-state index contributed by atoms with van der Waals surface area (Å²) < 4.78 is 31.7. The second kappa shape index (κ2) is 7.85. The topological polar surface area (TPSA) is 114 Å². The number of methoxy groups -OCH3 is 1. The molecule has 4 fully saturated rings. The van der Waals surface area contributed by atoms with Crippen molar-refractivity contribution in [3.63, 3.8) is 0 Å². The van der Waals surface area contributed by atoms with Crippen LogP contribution in [0.5, 0.6) is 5.75 Å². The number of hydrogen-bond donors (Lipinski definition) is 3. The van der Waals surface area contributed by atoms with Crippen LogP contribution in [0.3, 0.4) is 0 Å². The minimum absolute atomic E-state index is 0.0811. The molecule has 4 bridgehead atoms. The normalized spacial score (nSPS) is 29.5. The Labute approximate surface area is 177 Å². The van der Waals surface area contributed by atoms with Crippen molar-refractivity contribution in [2.45, 2.75) is 49.8 Å². The van der Waals surface area contributed by atoms with Crippen LogP contribution in [-0.2, 0) is 14.8 Å². The fourth-order valence-corrected chi connectivity index (χ4v) is 7.15. The van der Waals surface area contributed by atoms with Crippen molar-refractivity contribution in [1.82, 2.24) is 15.6 Å². The van der Waals surface area contributed by atoms with Crippen molar-refractivity contribution in [2.75, 3.05) is 14.2 Å². The van der Waals surface area contributed by atoms with E-state index in [2.05, 4.69) is 15.6 Å². The molecular weight excluding hydrogens is 406 g/mol. The Morgan fingerprint density at radius 1 is 1.07 bits per heavy atom. The summed E-state index contributed by atoms with van der Waals surface area (Å²) in [6.45, 7) is 0. The maximum absolute atomic E-state index is 12.6. The van der Waals surface area contributed by atoms with Crippen molar-refractivity contribution in [2.24, 2.45) is 23.2 Å². The fourth-order valence-electron chi connectivity index (χ4n) is 6.23. The second-order valence-electron chi connectivity index (χ2n) is 9.17. The minimum Gasteiger partial charge on any atom is -0.495 e. The molecule has 2 amide bonds. The highest BCUT2D eigenvalue weighted by molar-refractivity contribution is 7.89. The molecule has 0 unspecified atom stereocenters. The van der Waals surface area contributed by atoms with Gasteiger partial charge in [0.2, 0.25) is 15.9 Å². The number of rotatable bonds is 6. The Kier molecular flexibility index (Phi) is 5.52. The number of nitrogens with one attached hydrogen (secondary N) is 3. The van der Waals surface area contributed by atoms with Crippen LogP contribution in [0.15, 0.2) is 23.1 Å². The van der Waals surface area contributed by atoms with E-state index in [1.165, 1.54) is 51.6 Å². The third-order valence-corrected chi connectivity index (χ3v) is 8.44. The molecular formula is C21H29N3O5S. The van der Waals surface area contributed by atoms with Gasteiger partial charge in [-0.1, -0.05) is 0 Å². The second-order valence-corrected chi connectivity index (χ2v) is 11.0. The first-order valence-electron chi connectivity index (χ1n) is 10.4. The van der Waals surface area contributed by atoms with Gasteiger partial charge in [-0.2, -0.15) is 0 Å². The van der Waals surface area contributed by atoms with Gasteiger partial charge in [-0.3, -0.25) is 20.4 Å². The Balaban J connectivity index is 1.39. The van der Waals surface area contributed by atoms with Gasteiger partial charge in [-0.05, 0) is 86.9 Å². The molecule has 1 aromatic rings. The molecule has 4 saturated carbocycles. The van der Waals surface area contributed by atoms with Gasteiger partial charge in [0.1, 0.15) is 10.6 Å². The van der Waals surface area contributed by atoms with Crippen molar-refractivity contribution in [3.8, 4) is 5.75 Å². The first-order valence-corrected chi connectivity index (χ1v) is 11.9. The van der Waals surface area contributed by atoms with Crippen LogP contribution in [0.4, 0.5) is 0 Å². The maximum atomic E-state index is 12.6. The van der Waals surface area contributed by atoms with Crippen LogP contribution in [0.2, 0.25) is 0 Å². The Morgan fingerprint density at radius 3 is 2.20 bits per heavy atom. The number of amides is 2. The molecule has 30 heavy (non-hydrogen) atoms. The van der Waals surface area contributed by atoms with E-state index < -0.39 is 15.9 Å². The molecule has 0 saturated heterocycles. The van der Waals surface area contributed by atoms with Gasteiger partial charge in [0.05, 0.1) is 7.11 Å². The Bertz CT molecular complexity index is 924. The van der Waals surface area contributed by atoms with Crippen molar-refractivity contribution in [1.29, 1.82) is 0 Å². The first kappa shape index (κ1) is 21.1. The molecule has 0 aromatic heterocycles. The zero-order chi connectivity index (χ0) is 21.5. The largest absolute Gasteiger partial charge is 0.495 e. The van der Waals surface area contributed by atoms with Crippen LogP contribution in [0.1, 0.15) is 55.3 Å². The zero-order valence-corrected chi connectivity index (χ0v) is 18.2. The summed E-state index contributed by atoms with van der Waals surface area (Å²) in [5.74, 6) is 1.62. The van der Waals surface area contributed by atoms with Crippen LogP contribution in [0, 0.1) is 23.2 Å². The lowest BCUT2D eigenvalue weighted by Gasteiger charge is -2.56. The van der Waals surface area contributed by atoms with E-state index in [-0.39, 0.29) is 27.5 Å². The quantitative estimate of drug-likeness (QED) is 0.591. The van der Waals surface area contributed by atoms with E-state index in [4.69, 9.17) is 4.74 Å². The third-order valence-electron chi connectivity index (χ3n) is 7.00. The molecule has 3 N–H and O–H groups in total. The van der Waals surface area contributed by atoms with E-state index in [1.807, 2.05) is 0 Å². The van der Waals surface area contributed by atoms with Gasteiger partial charge in [0.25, 0.3) is 5.91 Å². The number of carbonyl (C=O) groups is 2. The van der Waals surface area contributed by atoms with Crippen molar-refractivity contribution in [3.05, 3.63) is 23.8 Å². The molecule has 0 aliphatic heterocycles. The van der Waals surface area contributed by atoms with Crippen LogP contribution in [-0.4, -0.2) is 34.4 Å². The van der Waals surface area contributed by atoms with E-state index in [0.29, 0.717) is 6.42 Å². The zero-order valence-electron chi connectivity index (χ0n) is 17.4. The summed E-state index contributed by atoms with van der Waals surface area (Å²) in [6, 6.07) is 4.09. The lowest BCUT2D eigenvalue weighted by atomic mass is 9.49. The summed E-state index contributed by atoms with van der Waals surface area (Å²) in [5.41, 5.74) is 5.13. The summed E-state index contributed by atoms with van der Waals surface area (Å²) in [4.78, 5) is 24.9. The number of ether oxygens (including phenoxy) is 1. The van der Waals surface area contributed by atoms with Crippen molar-refractivity contribution < 1.29 is 22.7 Å². The molecule has 0 radical (unpaired) electrons. The first-order chi connectivity index (χ1) is 14.2. The Morgan fingerprint density at radius 2 is 1.67 bits per heavy atom. The number of hydrogen-bond acceptors (Lipinski definition) is 5. The summed E-state index contributed by atoms with van der Waals surface area (Å²) in [5, 5.41) is 0. The predicted molar refractivity (Wildman–Crippen MR) is 110 cm³/mol. The molecule has 1 aromatic carbocycles. The molecule has 4 aliphatic carbocycles. The molecule has 0 spiro atoms. The van der Waals surface area contributed by atoms with E-state index >= 15 is 0 Å². The SMILES string of the molecule is CNS(=O)(=O)c1cc(C(=O)NNC(=O)CC23CC4CC(CC(C4)C2)C3)ccc1OC. The summed E-state index contributed by atoms with van der Waals surface area (Å²) in [6.07, 6.45) is 7.71. The van der Waals surface area contributed by atoms with Gasteiger partial charge in [0, 0.05) is 12.0 Å². The monoisotopic (exact) mass is 435 g/mol. The lowest BCUT2D eigenvalue weighted by molar-refractivity contribution is -0.130. The smallest absolute Gasteiger partial charge is 0.269 e. The number of hydrazine groups is 1. The average molecular weight is 436 g/mol. The third kappa shape index (κ3) is 4.05. The van der Waals surface area contributed by atoms with Gasteiger partial charge in [-0.15, -0.1) is 0 Å². The van der Waals surface area contributed by atoms with Gasteiger partial charge < -0.3 is 4.74 Å². The van der Waals surface area contributed by atoms with E-state index in [0.717, 1.165) is 37.0 Å². The van der Waals surface area contributed by atoms with Crippen molar-refractivity contribution >= 4 is 21.8 Å². The number of sulfonamides is 1. The molecule has 4 aliphatic rings. The highest BCUT2D eigenvalue weighted by Gasteiger charge is 2.51. The standard InChI is InChI=1S/C21H29N3O5S/c1-22-30(27,28)18-8-16(3-4-17(18)29-2)20(26)24-23-19(25)12-21-9-13-5-14(10-21)7-15(6-13)11-21/h3-4,8,13-15,22H,5-7,9-12H2,1-2H3,(H,23,25)(H,24,26). The highest BCUT2D eigenvalue weighted by Crippen LogP contribution is 2.61. The van der Waals surface area contributed by atoms with Crippen LogP contribution < -0.4 is 20.3 Å².